The first-order valence-electron chi connectivity index (χ1n) is 5.47. The number of H-pyrrole nitrogens is 1. The van der Waals surface area contributed by atoms with Crippen LogP contribution in [-0.2, 0) is 0 Å². The summed E-state index contributed by atoms with van der Waals surface area (Å²) in [5, 5.41) is 4.71. The van der Waals surface area contributed by atoms with E-state index in [4.69, 9.17) is 0 Å². The van der Waals surface area contributed by atoms with E-state index in [1.807, 2.05) is 6.20 Å². The van der Waals surface area contributed by atoms with Gasteiger partial charge in [0.25, 0.3) is 0 Å². The van der Waals surface area contributed by atoms with Gasteiger partial charge in [-0.25, -0.2) is 0 Å². The highest BCUT2D eigenvalue weighted by atomic mass is 35.5. The molecule has 86 valence electrons. The SMILES string of the molecule is Cl.c1cc(N2CCNCC2)c2cc[nH]c2c1. The van der Waals surface area contributed by atoms with Crippen molar-refractivity contribution in [2.24, 2.45) is 0 Å². The van der Waals surface area contributed by atoms with E-state index in [0.29, 0.717) is 0 Å². The third-order valence-electron chi connectivity index (χ3n) is 3.03. The molecule has 0 amide bonds. The molecule has 0 spiro atoms. The minimum Gasteiger partial charge on any atom is -0.368 e. The Morgan fingerprint density at radius 1 is 1.06 bits per heavy atom. The number of hydrogen-bond donors (Lipinski definition) is 2. The van der Waals surface area contributed by atoms with Crippen molar-refractivity contribution >= 4 is 29.0 Å². The number of aromatic nitrogens is 1. The van der Waals surface area contributed by atoms with E-state index >= 15 is 0 Å². The van der Waals surface area contributed by atoms with Crippen LogP contribution in [0.25, 0.3) is 10.9 Å². The van der Waals surface area contributed by atoms with Crippen LogP contribution >= 0.6 is 12.4 Å². The topological polar surface area (TPSA) is 31.1 Å². The molecule has 1 fully saturated rings. The molecule has 3 rings (SSSR count). The molecular formula is C12H16ClN3. The Hall–Kier alpha value is -1.19. The van der Waals surface area contributed by atoms with Gasteiger partial charge in [-0.1, -0.05) is 6.07 Å². The molecule has 1 saturated heterocycles. The molecule has 1 aromatic carbocycles. The zero-order chi connectivity index (χ0) is 10.1. The monoisotopic (exact) mass is 237 g/mol. The zero-order valence-electron chi connectivity index (χ0n) is 9.07. The lowest BCUT2D eigenvalue weighted by Crippen LogP contribution is -2.43. The first-order valence-corrected chi connectivity index (χ1v) is 5.47. The lowest BCUT2D eigenvalue weighted by Gasteiger charge is -2.30. The number of halogens is 1. The molecule has 0 atom stereocenters. The lowest BCUT2D eigenvalue weighted by molar-refractivity contribution is 0.590. The lowest BCUT2D eigenvalue weighted by atomic mass is 10.2. The van der Waals surface area contributed by atoms with E-state index in [0.717, 1.165) is 26.2 Å². The van der Waals surface area contributed by atoms with Gasteiger partial charge >= 0.3 is 0 Å². The van der Waals surface area contributed by atoms with Crippen molar-refractivity contribution < 1.29 is 0 Å². The average molecular weight is 238 g/mol. The van der Waals surface area contributed by atoms with Crippen LogP contribution in [0.1, 0.15) is 0 Å². The van der Waals surface area contributed by atoms with E-state index in [-0.39, 0.29) is 12.4 Å². The van der Waals surface area contributed by atoms with Crippen LogP contribution < -0.4 is 10.2 Å². The predicted molar refractivity (Wildman–Crippen MR) is 70.6 cm³/mol. The summed E-state index contributed by atoms with van der Waals surface area (Å²) in [7, 11) is 0. The van der Waals surface area contributed by atoms with Crippen LogP contribution in [0.4, 0.5) is 5.69 Å². The maximum absolute atomic E-state index is 3.38. The summed E-state index contributed by atoms with van der Waals surface area (Å²) in [5.41, 5.74) is 2.58. The molecule has 16 heavy (non-hydrogen) atoms. The molecule has 0 unspecified atom stereocenters. The van der Waals surface area contributed by atoms with Gasteiger partial charge in [0.1, 0.15) is 0 Å². The number of anilines is 1. The molecule has 2 heterocycles. The molecular weight excluding hydrogens is 222 g/mol. The molecule has 0 bridgehead atoms. The second kappa shape index (κ2) is 4.76. The number of nitrogens with one attached hydrogen (secondary N) is 2. The van der Waals surface area contributed by atoms with Gasteiger partial charge < -0.3 is 15.2 Å². The molecule has 3 nitrogen and oxygen atoms in total. The molecule has 2 N–H and O–H groups in total. The van der Waals surface area contributed by atoms with E-state index in [2.05, 4.69) is 39.5 Å². The Balaban J connectivity index is 0.000000963. The Kier molecular flexibility index (Phi) is 3.36. The first-order chi connectivity index (χ1) is 7.45. The summed E-state index contributed by atoms with van der Waals surface area (Å²) >= 11 is 0. The van der Waals surface area contributed by atoms with Gasteiger partial charge in [0.15, 0.2) is 0 Å². The van der Waals surface area contributed by atoms with Crippen molar-refractivity contribution in [1.29, 1.82) is 0 Å². The van der Waals surface area contributed by atoms with Gasteiger partial charge in [-0.05, 0) is 18.2 Å². The van der Waals surface area contributed by atoms with Crippen LogP contribution in [0.2, 0.25) is 0 Å². The van der Waals surface area contributed by atoms with Crippen molar-refractivity contribution in [2.75, 3.05) is 31.1 Å². The third kappa shape index (κ3) is 1.88. The minimum absolute atomic E-state index is 0. The molecule has 0 aliphatic carbocycles. The van der Waals surface area contributed by atoms with Crippen LogP contribution in [0.3, 0.4) is 0 Å². The van der Waals surface area contributed by atoms with Gasteiger partial charge in [0.05, 0.1) is 0 Å². The van der Waals surface area contributed by atoms with Crippen molar-refractivity contribution in [3.8, 4) is 0 Å². The molecule has 1 aliphatic heterocycles. The average Bonchev–Trinajstić information content (AvgIpc) is 2.78. The quantitative estimate of drug-likeness (QED) is 0.795. The Bertz CT molecular complexity index is 460. The van der Waals surface area contributed by atoms with Crippen molar-refractivity contribution in [1.82, 2.24) is 10.3 Å². The van der Waals surface area contributed by atoms with Crippen LogP contribution in [0, 0.1) is 0 Å². The Morgan fingerprint density at radius 3 is 2.69 bits per heavy atom. The summed E-state index contributed by atoms with van der Waals surface area (Å²) < 4.78 is 0. The van der Waals surface area contributed by atoms with Crippen LogP contribution in [0.5, 0.6) is 0 Å². The van der Waals surface area contributed by atoms with E-state index in [9.17, 15) is 0 Å². The third-order valence-corrected chi connectivity index (χ3v) is 3.03. The molecule has 1 aliphatic rings. The minimum atomic E-state index is 0. The number of piperazine rings is 1. The fourth-order valence-corrected chi connectivity index (χ4v) is 2.25. The van der Waals surface area contributed by atoms with Gasteiger partial charge in [0, 0.05) is 49.0 Å². The fraction of sp³-hybridized carbons (Fsp3) is 0.333. The summed E-state index contributed by atoms with van der Waals surface area (Å²) in [4.78, 5) is 5.71. The maximum atomic E-state index is 3.38. The number of rotatable bonds is 1. The molecule has 1 aromatic heterocycles. The largest absolute Gasteiger partial charge is 0.368 e. The van der Waals surface area contributed by atoms with E-state index in [1.54, 1.807) is 0 Å². The predicted octanol–water partition coefficient (Wildman–Crippen LogP) is 2.00. The summed E-state index contributed by atoms with van der Waals surface area (Å²) in [5.74, 6) is 0. The van der Waals surface area contributed by atoms with E-state index < -0.39 is 0 Å². The van der Waals surface area contributed by atoms with Crippen LogP contribution in [0.15, 0.2) is 30.5 Å². The number of fused-ring (bicyclic) bond motifs is 1. The first kappa shape index (κ1) is 11.3. The van der Waals surface area contributed by atoms with E-state index in [1.165, 1.54) is 16.6 Å². The number of aromatic amines is 1. The number of nitrogens with zero attached hydrogens (tertiary/aromatic N) is 1. The molecule has 0 saturated carbocycles. The number of hydrogen-bond acceptors (Lipinski definition) is 2. The summed E-state index contributed by atoms with van der Waals surface area (Å²) in [6.07, 6.45) is 2.01. The highest BCUT2D eigenvalue weighted by Gasteiger charge is 2.12. The second-order valence-corrected chi connectivity index (χ2v) is 3.95. The van der Waals surface area contributed by atoms with Gasteiger partial charge in [-0.15, -0.1) is 12.4 Å². The van der Waals surface area contributed by atoms with Crippen molar-refractivity contribution in [3.05, 3.63) is 30.5 Å². The highest BCUT2D eigenvalue weighted by Crippen LogP contribution is 2.25. The maximum Gasteiger partial charge on any atom is 0.0474 e. The van der Waals surface area contributed by atoms with Crippen molar-refractivity contribution in [2.45, 2.75) is 0 Å². The van der Waals surface area contributed by atoms with Crippen molar-refractivity contribution in [3.63, 3.8) is 0 Å². The Morgan fingerprint density at radius 2 is 1.88 bits per heavy atom. The Labute approximate surface area is 101 Å². The number of benzene rings is 1. The molecule has 4 heteroatoms. The van der Waals surface area contributed by atoms with Gasteiger partial charge in [0.2, 0.25) is 0 Å². The molecule has 2 aromatic rings. The zero-order valence-corrected chi connectivity index (χ0v) is 9.89. The standard InChI is InChI=1S/C12H15N3.ClH/c1-2-11-10(4-5-14-11)12(3-1)15-8-6-13-7-9-15;/h1-5,13-14H,6-9H2;1H. The normalized spacial score (nSPS) is 16.1. The fourth-order valence-electron chi connectivity index (χ4n) is 2.25. The van der Waals surface area contributed by atoms with Gasteiger partial charge in [-0.3, -0.25) is 0 Å². The summed E-state index contributed by atoms with van der Waals surface area (Å²) in [6, 6.07) is 8.62. The highest BCUT2D eigenvalue weighted by molar-refractivity contribution is 5.92. The molecule has 0 radical (unpaired) electrons. The summed E-state index contributed by atoms with van der Waals surface area (Å²) in [6.45, 7) is 4.37. The second-order valence-electron chi connectivity index (χ2n) is 3.95. The van der Waals surface area contributed by atoms with Crippen LogP contribution in [-0.4, -0.2) is 31.2 Å². The smallest absolute Gasteiger partial charge is 0.0474 e. The van der Waals surface area contributed by atoms with Gasteiger partial charge in [-0.2, -0.15) is 0 Å².